The van der Waals surface area contributed by atoms with Crippen molar-refractivity contribution in [2.24, 2.45) is 11.5 Å². The highest BCUT2D eigenvalue weighted by atomic mass is 19.3. The van der Waals surface area contributed by atoms with Gasteiger partial charge in [0.2, 0.25) is 5.91 Å². The number of halogens is 2. The number of hydrogen-bond acceptors (Lipinski definition) is 3. The van der Waals surface area contributed by atoms with Crippen LogP contribution in [0.4, 0.5) is 8.78 Å². The number of nitrogens with two attached hydrogens (primary N) is 2. The second kappa shape index (κ2) is 5.41. The third kappa shape index (κ3) is 3.82. The Labute approximate surface area is 91.2 Å². The van der Waals surface area contributed by atoms with Gasteiger partial charge in [0.15, 0.2) is 0 Å². The van der Waals surface area contributed by atoms with Gasteiger partial charge in [-0.25, -0.2) is 0 Å². The van der Waals surface area contributed by atoms with Gasteiger partial charge in [-0.1, -0.05) is 12.1 Å². The Kier molecular flexibility index (Phi) is 4.19. The molecule has 6 heteroatoms. The molecular weight excluding hydrogens is 218 g/mol. The van der Waals surface area contributed by atoms with E-state index < -0.39 is 18.6 Å². The van der Waals surface area contributed by atoms with Gasteiger partial charge < -0.3 is 16.2 Å². The maximum absolute atomic E-state index is 11.8. The lowest BCUT2D eigenvalue weighted by atomic mass is 10.1. The topological polar surface area (TPSA) is 78.3 Å². The van der Waals surface area contributed by atoms with Crippen molar-refractivity contribution in [2.75, 3.05) is 0 Å². The molecule has 0 fully saturated rings. The normalized spacial score (nSPS) is 12.5. The van der Waals surface area contributed by atoms with Gasteiger partial charge in [-0.05, 0) is 24.1 Å². The minimum absolute atomic E-state index is 0.0615. The van der Waals surface area contributed by atoms with Gasteiger partial charge in [0.05, 0.1) is 6.04 Å². The number of benzene rings is 1. The van der Waals surface area contributed by atoms with Crippen LogP contribution in [0.5, 0.6) is 5.75 Å². The summed E-state index contributed by atoms with van der Waals surface area (Å²) >= 11 is 0. The van der Waals surface area contributed by atoms with E-state index in [4.69, 9.17) is 11.5 Å². The molecule has 1 aromatic carbocycles. The summed E-state index contributed by atoms with van der Waals surface area (Å²) in [6.45, 7) is -2.85. The summed E-state index contributed by atoms with van der Waals surface area (Å²) in [6.07, 6.45) is 0.268. The van der Waals surface area contributed by atoms with E-state index in [0.717, 1.165) is 5.56 Å². The molecule has 1 aromatic rings. The number of primary amides is 1. The quantitative estimate of drug-likeness (QED) is 0.779. The molecule has 16 heavy (non-hydrogen) atoms. The van der Waals surface area contributed by atoms with Crippen molar-refractivity contribution >= 4 is 5.91 Å². The minimum atomic E-state index is -2.85. The van der Waals surface area contributed by atoms with Crippen LogP contribution in [0.2, 0.25) is 0 Å². The molecule has 1 amide bonds. The van der Waals surface area contributed by atoms with E-state index in [-0.39, 0.29) is 12.2 Å². The van der Waals surface area contributed by atoms with Gasteiger partial charge in [-0.2, -0.15) is 8.78 Å². The Morgan fingerprint density at radius 2 is 1.88 bits per heavy atom. The third-order valence-electron chi connectivity index (χ3n) is 1.97. The Hall–Kier alpha value is -1.69. The van der Waals surface area contributed by atoms with E-state index >= 15 is 0 Å². The largest absolute Gasteiger partial charge is 0.435 e. The number of hydrogen-bond donors (Lipinski definition) is 2. The van der Waals surface area contributed by atoms with Crippen molar-refractivity contribution in [1.82, 2.24) is 0 Å². The molecule has 0 bridgehead atoms. The minimum Gasteiger partial charge on any atom is -0.435 e. The summed E-state index contributed by atoms with van der Waals surface area (Å²) < 4.78 is 27.8. The number of amides is 1. The van der Waals surface area contributed by atoms with E-state index in [1.807, 2.05) is 0 Å². The summed E-state index contributed by atoms with van der Waals surface area (Å²) in [5, 5.41) is 0. The third-order valence-corrected chi connectivity index (χ3v) is 1.97. The Balaban J connectivity index is 2.61. The first-order chi connectivity index (χ1) is 7.49. The van der Waals surface area contributed by atoms with Crippen molar-refractivity contribution in [1.29, 1.82) is 0 Å². The fourth-order valence-corrected chi connectivity index (χ4v) is 1.16. The smallest absolute Gasteiger partial charge is 0.387 e. The molecule has 0 aromatic heterocycles. The highest BCUT2D eigenvalue weighted by molar-refractivity contribution is 5.79. The highest BCUT2D eigenvalue weighted by Gasteiger charge is 2.10. The molecule has 0 radical (unpaired) electrons. The van der Waals surface area contributed by atoms with Crippen LogP contribution in [-0.2, 0) is 11.2 Å². The maximum Gasteiger partial charge on any atom is 0.387 e. The zero-order chi connectivity index (χ0) is 12.1. The van der Waals surface area contributed by atoms with E-state index in [0.29, 0.717) is 0 Å². The molecule has 1 rings (SSSR count). The van der Waals surface area contributed by atoms with Gasteiger partial charge >= 0.3 is 6.61 Å². The number of carbonyl (C=O) groups is 1. The summed E-state index contributed by atoms with van der Waals surface area (Å²) in [4.78, 5) is 10.7. The van der Waals surface area contributed by atoms with Crippen molar-refractivity contribution in [3.63, 3.8) is 0 Å². The van der Waals surface area contributed by atoms with Crippen LogP contribution in [0.3, 0.4) is 0 Å². The van der Waals surface area contributed by atoms with E-state index in [2.05, 4.69) is 4.74 Å². The first-order valence-corrected chi connectivity index (χ1v) is 4.57. The van der Waals surface area contributed by atoms with Crippen LogP contribution in [0.1, 0.15) is 5.56 Å². The van der Waals surface area contributed by atoms with E-state index in [1.165, 1.54) is 12.1 Å². The van der Waals surface area contributed by atoms with Crippen LogP contribution in [0.25, 0.3) is 0 Å². The lowest BCUT2D eigenvalue weighted by Gasteiger charge is -2.08. The molecule has 0 aliphatic heterocycles. The number of carbonyl (C=O) groups excluding carboxylic acids is 1. The molecule has 1 atom stereocenters. The fraction of sp³-hybridized carbons (Fsp3) is 0.300. The molecule has 0 saturated heterocycles. The lowest BCUT2D eigenvalue weighted by Crippen LogP contribution is -2.38. The number of ether oxygens (including phenoxy) is 1. The van der Waals surface area contributed by atoms with Gasteiger partial charge in [0.25, 0.3) is 0 Å². The average Bonchev–Trinajstić information content (AvgIpc) is 2.20. The first kappa shape index (κ1) is 12.4. The molecule has 0 saturated carbocycles. The average molecular weight is 230 g/mol. The van der Waals surface area contributed by atoms with Gasteiger partial charge in [-0.15, -0.1) is 0 Å². The Morgan fingerprint density at radius 3 is 2.31 bits per heavy atom. The molecule has 0 heterocycles. The van der Waals surface area contributed by atoms with Gasteiger partial charge in [0.1, 0.15) is 5.75 Å². The number of alkyl halides is 2. The predicted molar refractivity (Wildman–Crippen MR) is 53.9 cm³/mol. The van der Waals surface area contributed by atoms with E-state index in [1.54, 1.807) is 12.1 Å². The standard InChI is InChI=1S/C10H12F2N2O2/c11-10(12)16-7-3-1-6(2-4-7)5-8(13)9(14)15/h1-4,8,10H,5,13H2,(H2,14,15)/t8-/m0/s1. The summed E-state index contributed by atoms with van der Waals surface area (Å²) in [5.74, 6) is -0.542. The molecule has 0 aliphatic carbocycles. The molecular formula is C10H12F2N2O2. The summed E-state index contributed by atoms with van der Waals surface area (Å²) in [7, 11) is 0. The molecule has 4 nitrogen and oxygen atoms in total. The van der Waals surface area contributed by atoms with Crippen LogP contribution >= 0.6 is 0 Å². The van der Waals surface area contributed by atoms with Gasteiger partial charge in [0, 0.05) is 0 Å². The van der Waals surface area contributed by atoms with Crippen LogP contribution in [0.15, 0.2) is 24.3 Å². The van der Waals surface area contributed by atoms with Crippen molar-refractivity contribution in [2.45, 2.75) is 19.1 Å². The first-order valence-electron chi connectivity index (χ1n) is 4.57. The maximum atomic E-state index is 11.8. The molecule has 0 aliphatic rings. The Bertz CT molecular complexity index is 354. The zero-order valence-corrected chi connectivity index (χ0v) is 8.40. The molecule has 0 spiro atoms. The highest BCUT2D eigenvalue weighted by Crippen LogP contribution is 2.15. The van der Waals surface area contributed by atoms with Crippen molar-refractivity contribution < 1.29 is 18.3 Å². The van der Waals surface area contributed by atoms with Crippen LogP contribution in [0, 0.1) is 0 Å². The lowest BCUT2D eigenvalue weighted by molar-refractivity contribution is -0.119. The van der Waals surface area contributed by atoms with E-state index in [9.17, 15) is 13.6 Å². The SMILES string of the molecule is NC(=O)[C@@H](N)Cc1ccc(OC(F)F)cc1. The second-order valence-electron chi connectivity index (χ2n) is 3.24. The van der Waals surface area contributed by atoms with Crippen molar-refractivity contribution in [3.05, 3.63) is 29.8 Å². The Morgan fingerprint density at radius 1 is 1.31 bits per heavy atom. The summed E-state index contributed by atoms with van der Waals surface area (Å²) in [5.41, 5.74) is 11.2. The van der Waals surface area contributed by atoms with Gasteiger partial charge in [-0.3, -0.25) is 4.79 Å². The second-order valence-corrected chi connectivity index (χ2v) is 3.24. The number of rotatable bonds is 5. The molecule has 0 unspecified atom stereocenters. The van der Waals surface area contributed by atoms with Crippen LogP contribution in [-0.4, -0.2) is 18.6 Å². The molecule has 88 valence electrons. The van der Waals surface area contributed by atoms with Crippen LogP contribution < -0.4 is 16.2 Å². The molecule has 4 N–H and O–H groups in total. The zero-order valence-electron chi connectivity index (χ0n) is 8.40. The monoisotopic (exact) mass is 230 g/mol. The van der Waals surface area contributed by atoms with Crippen molar-refractivity contribution in [3.8, 4) is 5.75 Å². The fourth-order valence-electron chi connectivity index (χ4n) is 1.16. The summed E-state index contributed by atoms with van der Waals surface area (Å²) in [6, 6.07) is 5.10. The predicted octanol–water partition coefficient (Wildman–Crippen LogP) is 0.643.